The van der Waals surface area contributed by atoms with Crippen LogP contribution in [0.1, 0.15) is 51.4 Å². The first-order valence-corrected chi connectivity index (χ1v) is 10.1. The first-order valence-electron chi connectivity index (χ1n) is 9.63. The summed E-state index contributed by atoms with van der Waals surface area (Å²) in [5, 5.41) is 9.80. The van der Waals surface area contributed by atoms with Crippen molar-refractivity contribution in [3.63, 3.8) is 0 Å². The highest BCUT2D eigenvalue weighted by atomic mass is 31.0. The number of hydrogen-bond acceptors (Lipinski definition) is 6. The van der Waals surface area contributed by atoms with Gasteiger partial charge in [-0.3, -0.25) is 0 Å². The van der Waals surface area contributed by atoms with E-state index in [0.29, 0.717) is 31.5 Å². The van der Waals surface area contributed by atoms with Crippen LogP contribution in [0.4, 0.5) is 0 Å². The second-order valence-electron chi connectivity index (χ2n) is 7.55. The van der Waals surface area contributed by atoms with Gasteiger partial charge in [0.05, 0.1) is 25.4 Å². The van der Waals surface area contributed by atoms with E-state index >= 15 is 0 Å². The number of rotatable bonds is 10. The van der Waals surface area contributed by atoms with Crippen molar-refractivity contribution in [1.82, 2.24) is 0 Å². The van der Waals surface area contributed by atoms with Crippen LogP contribution in [-0.2, 0) is 23.5 Å². The molecule has 6 nitrogen and oxygen atoms in total. The van der Waals surface area contributed by atoms with E-state index in [0.717, 1.165) is 51.6 Å². The van der Waals surface area contributed by atoms with Crippen molar-refractivity contribution in [2.75, 3.05) is 26.9 Å². The Morgan fingerprint density at radius 1 is 1.12 bits per heavy atom. The molecular weight excluding hydrogens is 343 g/mol. The Labute approximate surface area is 153 Å². The molecule has 0 amide bonds. The van der Waals surface area contributed by atoms with Gasteiger partial charge >= 0.3 is 0 Å². The first-order chi connectivity index (χ1) is 12.2. The zero-order valence-corrected chi connectivity index (χ0v) is 16.4. The van der Waals surface area contributed by atoms with Crippen molar-refractivity contribution < 1.29 is 28.6 Å². The minimum Gasteiger partial charge on any atom is -0.385 e. The summed E-state index contributed by atoms with van der Waals surface area (Å²) in [7, 11) is 4.15. The molecule has 3 rings (SSSR count). The molecule has 0 aromatic heterocycles. The molecule has 6 atom stereocenters. The molecule has 0 bridgehead atoms. The Bertz CT molecular complexity index is 403. The Balaban J connectivity index is 1.51. The van der Waals surface area contributed by atoms with Crippen molar-refractivity contribution in [2.24, 2.45) is 11.8 Å². The van der Waals surface area contributed by atoms with Gasteiger partial charge in [0, 0.05) is 48.9 Å². The fourth-order valence-electron chi connectivity index (χ4n) is 4.77. The molecule has 5 unspecified atom stereocenters. The normalized spacial score (nSPS) is 36.8. The van der Waals surface area contributed by atoms with Crippen LogP contribution in [-0.4, -0.2) is 56.3 Å². The van der Waals surface area contributed by atoms with E-state index in [4.69, 9.17) is 23.5 Å². The van der Waals surface area contributed by atoms with E-state index in [1.165, 1.54) is 0 Å². The van der Waals surface area contributed by atoms with Gasteiger partial charge in [0.2, 0.25) is 0 Å². The maximum Gasteiger partial charge on any atom is 0.168 e. The highest BCUT2D eigenvalue weighted by Crippen LogP contribution is 2.47. The summed E-state index contributed by atoms with van der Waals surface area (Å²) in [4.78, 5) is 0. The molecule has 3 aliphatic rings. The lowest BCUT2D eigenvalue weighted by atomic mass is 9.86. The summed E-state index contributed by atoms with van der Waals surface area (Å²) in [5.41, 5.74) is 0. The van der Waals surface area contributed by atoms with Gasteiger partial charge in [0.15, 0.2) is 12.1 Å². The van der Waals surface area contributed by atoms with Gasteiger partial charge in [-0.05, 0) is 31.1 Å². The van der Waals surface area contributed by atoms with Crippen LogP contribution in [0.15, 0.2) is 0 Å². The standard InChI is InChI=1S/C18H33O6P/c1-20-8-4-2-3-6-18(21-9-10-22-18)7-5-13-14-11-17(19)23-15(14)12-16(13)24-25/h13-17,19H,2-12,25H2,1H3/t13-,14?,15?,16?,17?/m1/s1. The van der Waals surface area contributed by atoms with E-state index in [1.807, 2.05) is 0 Å². The maximum absolute atomic E-state index is 9.80. The number of aliphatic hydroxyl groups excluding tert-OH is 1. The highest BCUT2D eigenvalue weighted by Gasteiger charge is 2.50. The van der Waals surface area contributed by atoms with Gasteiger partial charge in [-0.2, -0.15) is 0 Å². The number of methoxy groups -OCH3 is 1. The quantitative estimate of drug-likeness (QED) is 0.467. The second kappa shape index (κ2) is 9.41. The van der Waals surface area contributed by atoms with Crippen molar-refractivity contribution in [3.8, 4) is 0 Å². The molecule has 0 aromatic carbocycles. The Hall–Kier alpha value is 0.190. The third kappa shape index (κ3) is 4.92. The number of ether oxygens (including phenoxy) is 4. The van der Waals surface area contributed by atoms with E-state index in [-0.39, 0.29) is 12.2 Å². The van der Waals surface area contributed by atoms with E-state index in [9.17, 15) is 5.11 Å². The smallest absolute Gasteiger partial charge is 0.168 e. The average Bonchev–Trinajstić information content (AvgIpc) is 3.28. The number of hydrogen-bond donors (Lipinski definition) is 1. The third-order valence-corrected chi connectivity index (χ3v) is 6.38. The molecule has 146 valence electrons. The number of unbranched alkanes of at least 4 members (excludes halogenated alkanes) is 2. The molecule has 0 aromatic rings. The van der Waals surface area contributed by atoms with Crippen LogP contribution in [0, 0.1) is 11.8 Å². The molecular formula is C18H33O6P. The minimum absolute atomic E-state index is 0.126. The lowest BCUT2D eigenvalue weighted by Gasteiger charge is -2.31. The molecule has 2 aliphatic heterocycles. The molecule has 3 fully saturated rings. The van der Waals surface area contributed by atoms with Crippen molar-refractivity contribution in [3.05, 3.63) is 0 Å². The van der Waals surface area contributed by atoms with Gasteiger partial charge in [0.25, 0.3) is 0 Å². The van der Waals surface area contributed by atoms with Crippen molar-refractivity contribution in [2.45, 2.75) is 75.7 Å². The van der Waals surface area contributed by atoms with Gasteiger partial charge in [-0.1, -0.05) is 6.42 Å². The van der Waals surface area contributed by atoms with E-state index < -0.39 is 12.1 Å². The molecule has 1 aliphatic carbocycles. The third-order valence-electron chi connectivity index (χ3n) is 6.03. The van der Waals surface area contributed by atoms with Gasteiger partial charge in [-0.15, -0.1) is 0 Å². The van der Waals surface area contributed by atoms with Crippen LogP contribution in [0.25, 0.3) is 0 Å². The van der Waals surface area contributed by atoms with Crippen LogP contribution in [0.2, 0.25) is 0 Å². The maximum atomic E-state index is 9.80. The predicted octanol–water partition coefficient (Wildman–Crippen LogP) is 2.64. The highest BCUT2D eigenvalue weighted by molar-refractivity contribution is 7.09. The monoisotopic (exact) mass is 376 g/mol. The summed E-state index contributed by atoms with van der Waals surface area (Å²) < 4.78 is 28.4. The zero-order chi connectivity index (χ0) is 17.7. The minimum atomic E-state index is -0.614. The lowest BCUT2D eigenvalue weighted by molar-refractivity contribution is -0.171. The topological polar surface area (TPSA) is 66.4 Å². The van der Waals surface area contributed by atoms with Crippen molar-refractivity contribution >= 4 is 9.47 Å². The predicted molar refractivity (Wildman–Crippen MR) is 95.9 cm³/mol. The molecule has 7 heteroatoms. The average molecular weight is 376 g/mol. The van der Waals surface area contributed by atoms with Gasteiger partial charge < -0.3 is 28.6 Å². The fraction of sp³-hybridized carbons (Fsp3) is 1.00. The van der Waals surface area contributed by atoms with E-state index in [1.54, 1.807) is 7.11 Å². The largest absolute Gasteiger partial charge is 0.385 e. The molecule has 25 heavy (non-hydrogen) atoms. The molecule has 0 spiro atoms. The molecule has 2 saturated heterocycles. The Morgan fingerprint density at radius 3 is 2.64 bits per heavy atom. The van der Waals surface area contributed by atoms with E-state index in [2.05, 4.69) is 9.47 Å². The summed E-state index contributed by atoms with van der Waals surface area (Å²) in [6, 6.07) is 0. The SMILES string of the molecule is COCCCCCC1(CC[C@H]2C(OP)CC3OC(O)CC32)OCCO1. The Morgan fingerprint density at radius 2 is 1.92 bits per heavy atom. The van der Waals surface area contributed by atoms with Crippen LogP contribution in [0.5, 0.6) is 0 Å². The summed E-state index contributed by atoms with van der Waals surface area (Å²) in [6.45, 7) is 2.18. The fourth-order valence-corrected chi connectivity index (χ4v) is 5.09. The number of fused-ring (bicyclic) bond motifs is 1. The summed E-state index contributed by atoms with van der Waals surface area (Å²) in [6.07, 6.45) is 7.36. The van der Waals surface area contributed by atoms with Crippen molar-refractivity contribution in [1.29, 1.82) is 0 Å². The zero-order valence-electron chi connectivity index (χ0n) is 15.2. The molecule has 0 radical (unpaired) electrons. The van der Waals surface area contributed by atoms with Gasteiger partial charge in [-0.25, -0.2) is 0 Å². The van der Waals surface area contributed by atoms with Crippen LogP contribution >= 0.6 is 9.47 Å². The molecule has 1 N–H and O–H groups in total. The summed E-state index contributed by atoms with van der Waals surface area (Å²) >= 11 is 0. The summed E-state index contributed by atoms with van der Waals surface area (Å²) in [5.74, 6) is 0.327. The molecule has 1 saturated carbocycles. The van der Waals surface area contributed by atoms with Crippen LogP contribution < -0.4 is 0 Å². The first kappa shape index (κ1) is 19.9. The number of aliphatic hydroxyl groups is 1. The Kier molecular flexibility index (Phi) is 7.50. The molecule has 2 heterocycles. The second-order valence-corrected chi connectivity index (χ2v) is 7.82. The van der Waals surface area contributed by atoms with Gasteiger partial charge in [0.1, 0.15) is 0 Å². The lowest BCUT2D eigenvalue weighted by Crippen LogP contribution is -2.33. The van der Waals surface area contributed by atoms with Crippen LogP contribution in [0.3, 0.4) is 0 Å².